The number of aromatic amines is 1. The van der Waals surface area contributed by atoms with Gasteiger partial charge in [-0.05, 0) is 43.2 Å². The van der Waals surface area contributed by atoms with E-state index in [9.17, 15) is 15.0 Å². The third-order valence-corrected chi connectivity index (χ3v) is 5.54. The van der Waals surface area contributed by atoms with E-state index in [1.165, 1.54) is 7.11 Å². The van der Waals surface area contributed by atoms with Crippen LogP contribution in [0.3, 0.4) is 0 Å². The largest absolute Gasteiger partial charge is 0.507 e. The summed E-state index contributed by atoms with van der Waals surface area (Å²) in [4.78, 5) is 15.0. The number of nitrogens with zero attached hydrogens (tertiary/aromatic N) is 2. The number of aromatic hydroxyl groups is 2. The minimum Gasteiger partial charge on any atom is -0.507 e. The van der Waals surface area contributed by atoms with E-state index in [1.807, 2.05) is 19.1 Å². The lowest BCUT2D eigenvalue weighted by molar-refractivity contribution is 0.0723. The molecule has 31 heavy (non-hydrogen) atoms. The molecule has 0 fully saturated rings. The first-order chi connectivity index (χ1) is 15.0. The number of rotatable bonds is 7. The normalized spacial score (nSPS) is 15.4. The van der Waals surface area contributed by atoms with Crippen molar-refractivity contribution in [1.82, 2.24) is 15.1 Å². The molecule has 0 saturated carbocycles. The lowest BCUT2D eigenvalue weighted by Gasteiger charge is -2.26. The van der Waals surface area contributed by atoms with E-state index < -0.39 is 6.04 Å². The van der Waals surface area contributed by atoms with Crippen molar-refractivity contribution in [2.24, 2.45) is 0 Å². The van der Waals surface area contributed by atoms with Crippen LogP contribution in [-0.4, -0.2) is 58.6 Å². The number of hydrogen-bond acceptors (Lipinski definition) is 6. The fourth-order valence-corrected chi connectivity index (χ4v) is 4.06. The molecule has 162 valence electrons. The fraction of sp³-hybridized carbons (Fsp3) is 0.304. The number of fused-ring (bicyclic) bond motifs is 1. The van der Waals surface area contributed by atoms with E-state index in [0.717, 1.165) is 11.1 Å². The van der Waals surface area contributed by atoms with E-state index in [1.54, 1.807) is 36.3 Å². The van der Waals surface area contributed by atoms with Gasteiger partial charge in [-0.1, -0.05) is 17.7 Å². The van der Waals surface area contributed by atoms with Crippen molar-refractivity contribution in [2.45, 2.75) is 19.4 Å². The minimum atomic E-state index is -0.456. The number of aryl methyl sites for hydroxylation is 1. The van der Waals surface area contributed by atoms with E-state index in [4.69, 9.17) is 9.47 Å². The number of phenolic OH excluding ortho intramolecular Hbond substituents is 2. The molecular weight excluding hydrogens is 398 g/mol. The number of nitrogens with one attached hydrogen (secondary N) is 1. The number of benzene rings is 2. The van der Waals surface area contributed by atoms with Crippen molar-refractivity contribution >= 4 is 5.91 Å². The van der Waals surface area contributed by atoms with E-state index >= 15 is 0 Å². The molecular formula is C23H25N3O5. The van der Waals surface area contributed by atoms with Gasteiger partial charge in [0, 0.05) is 31.4 Å². The number of carbonyl (C=O) groups is 1. The first-order valence-electron chi connectivity index (χ1n) is 10.0. The number of aromatic nitrogens is 2. The molecule has 3 aromatic rings. The van der Waals surface area contributed by atoms with E-state index in [2.05, 4.69) is 10.2 Å². The van der Waals surface area contributed by atoms with Crippen LogP contribution in [0.25, 0.3) is 11.3 Å². The molecule has 1 aliphatic heterocycles. The Bertz CT molecular complexity index is 1120. The van der Waals surface area contributed by atoms with Crippen molar-refractivity contribution in [3.05, 3.63) is 58.8 Å². The van der Waals surface area contributed by atoms with Gasteiger partial charge >= 0.3 is 0 Å². The van der Waals surface area contributed by atoms with Gasteiger partial charge in [0.25, 0.3) is 5.91 Å². The van der Waals surface area contributed by atoms with Crippen LogP contribution < -0.4 is 4.74 Å². The summed E-state index contributed by atoms with van der Waals surface area (Å²) in [5.74, 6) is 0.255. The van der Waals surface area contributed by atoms with Crippen LogP contribution in [0.2, 0.25) is 0 Å². The first-order valence-corrected chi connectivity index (χ1v) is 10.0. The van der Waals surface area contributed by atoms with Crippen molar-refractivity contribution in [1.29, 1.82) is 0 Å². The zero-order chi connectivity index (χ0) is 22.1. The highest BCUT2D eigenvalue weighted by Gasteiger charge is 2.42. The molecule has 1 unspecified atom stereocenters. The van der Waals surface area contributed by atoms with Gasteiger partial charge in [0.1, 0.15) is 17.1 Å². The molecule has 1 amide bonds. The molecule has 2 aromatic carbocycles. The van der Waals surface area contributed by atoms with Gasteiger partial charge in [-0.25, -0.2) is 0 Å². The van der Waals surface area contributed by atoms with Gasteiger partial charge in [-0.2, -0.15) is 5.10 Å². The Balaban J connectivity index is 1.88. The highest BCUT2D eigenvalue weighted by molar-refractivity contribution is 6.00. The smallest absolute Gasteiger partial charge is 0.273 e. The SMILES string of the molecule is COCCCN1C(=O)c2[nH]nc(-c3cc(C)ccc3O)c2C1c1ccc(O)c(OC)c1. The maximum absolute atomic E-state index is 13.3. The van der Waals surface area contributed by atoms with Crippen LogP contribution in [0.5, 0.6) is 17.2 Å². The lowest BCUT2D eigenvalue weighted by Crippen LogP contribution is -2.31. The summed E-state index contributed by atoms with van der Waals surface area (Å²) in [6.45, 7) is 2.93. The summed E-state index contributed by atoms with van der Waals surface area (Å²) in [5.41, 5.74) is 3.90. The average Bonchev–Trinajstić information content (AvgIpc) is 3.30. The van der Waals surface area contributed by atoms with Crippen LogP contribution in [0.4, 0.5) is 0 Å². The number of hydrogen-bond donors (Lipinski definition) is 3. The first kappa shape index (κ1) is 20.7. The number of carbonyl (C=O) groups excluding carboxylic acids is 1. The molecule has 1 aromatic heterocycles. The molecule has 0 radical (unpaired) electrons. The number of ether oxygens (including phenoxy) is 2. The topological polar surface area (TPSA) is 108 Å². The number of H-pyrrole nitrogens is 1. The molecule has 8 heteroatoms. The fourth-order valence-electron chi connectivity index (χ4n) is 4.06. The highest BCUT2D eigenvalue weighted by Crippen LogP contribution is 2.45. The second-order valence-electron chi connectivity index (χ2n) is 7.56. The molecule has 1 atom stereocenters. The van der Waals surface area contributed by atoms with Crippen molar-refractivity contribution in [3.63, 3.8) is 0 Å². The second-order valence-corrected chi connectivity index (χ2v) is 7.56. The monoisotopic (exact) mass is 423 g/mol. The molecule has 0 spiro atoms. The summed E-state index contributed by atoms with van der Waals surface area (Å²) in [7, 11) is 3.10. The van der Waals surface area contributed by atoms with Crippen molar-refractivity contribution in [3.8, 4) is 28.5 Å². The Kier molecular flexibility index (Phi) is 5.56. The summed E-state index contributed by atoms with van der Waals surface area (Å²) >= 11 is 0. The molecule has 0 saturated heterocycles. The Morgan fingerprint density at radius 1 is 1.13 bits per heavy atom. The quantitative estimate of drug-likeness (QED) is 0.503. The molecule has 4 rings (SSSR count). The zero-order valence-electron chi connectivity index (χ0n) is 17.7. The summed E-state index contributed by atoms with van der Waals surface area (Å²) in [6, 6.07) is 9.86. The number of amides is 1. The summed E-state index contributed by atoms with van der Waals surface area (Å²) in [6.07, 6.45) is 0.663. The Morgan fingerprint density at radius 3 is 2.65 bits per heavy atom. The van der Waals surface area contributed by atoms with Gasteiger partial charge in [-0.15, -0.1) is 0 Å². The molecule has 3 N–H and O–H groups in total. The Morgan fingerprint density at radius 2 is 1.90 bits per heavy atom. The van der Waals surface area contributed by atoms with Crippen LogP contribution in [-0.2, 0) is 4.74 Å². The molecule has 8 nitrogen and oxygen atoms in total. The van der Waals surface area contributed by atoms with E-state index in [-0.39, 0.29) is 17.4 Å². The predicted molar refractivity (Wildman–Crippen MR) is 114 cm³/mol. The molecule has 1 aliphatic rings. The van der Waals surface area contributed by atoms with Crippen LogP contribution >= 0.6 is 0 Å². The minimum absolute atomic E-state index is 0.0190. The molecule has 0 aliphatic carbocycles. The van der Waals surface area contributed by atoms with Crippen LogP contribution in [0.1, 0.15) is 39.6 Å². The van der Waals surface area contributed by atoms with Gasteiger partial charge in [0.2, 0.25) is 0 Å². The molecule has 2 heterocycles. The predicted octanol–water partition coefficient (Wildman–Crippen LogP) is 3.39. The van der Waals surface area contributed by atoms with Crippen LogP contribution in [0.15, 0.2) is 36.4 Å². The number of methoxy groups -OCH3 is 2. The van der Waals surface area contributed by atoms with Gasteiger partial charge < -0.3 is 24.6 Å². The van der Waals surface area contributed by atoms with E-state index in [0.29, 0.717) is 47.8 Å². The second kappa shape index (κ2) is 8.31. The van der Waals surface area contributed by atoms with Gasteiger partial charge in [-0.3, -0.25) is 9.89 Å². The van der Waals surface area contributed by atoms with Crippen molar-refractivity contribution < 1.29 is 24.5 Å². The average molecular weight is 423 g/mol. The van der Waals surface area contributed by atoms with Crippen molar-refractivity contribution in [2.75, 3.05) is 27.4 Å². The summed E-state index contributed by atoms with van der Waals surface area (Å²) in [5, 5.41) is 27.8. The maximum Gasteiger partial charge on any atom is 0.273 e. The van der Waals surface area contributed by atoms with Gasteiger partial charge in [0.15, 0.2) is 11.5 Å². The third kappa shape index (κ3) is 3.59. The standard InChI is InChI=1S/C23H25N3O5/c1-13-5-7-16(27)15(11-13)20-19-21(25-24-20)23(29)26(9-4-10-30-2)22(19)14-6-8-17(28)18(12-14)31-3/h5-8,11-12,22,27-28H,4,9-10H2,1-3H3,(H,24,25). The van der Waals surface area contributed by atoms with Crippen LogP contribution in [0, 0.1) is 6.92 Å². The third-order valence-electron chi connectivity index (χ3n) is 5.54. The lowest BCUT2D eigenvalue weighted by atomic mass is 9.94. The summed E-state index contributed by atoms with van der Waals surface area (Å²) < 4.78 is 10.5. The Labute approximate surface area is 180 Å². The number of phenols is 2. The van der Waals surface area contributed by atoms with Gasteiger partial charge in [0.05, 0.1) is 13.2 Å². The molecule has 0 bridgehead atoms. The maximum atomic E-state index is 13.3. The zero-order valence-corrected chi connectivity index (χ0v) is 17.7. The Hall–Kier alpha value is -3.52. The highest BCUT2D eigenvalue weighted by atomic mass is 16.5.